The molecule has 0 aromatic rings. The van der Waals surface area contributed by atoms with Crippen LogP contribution in [0, 0.1) is 17.3 Å². The van der Waals surface area contributed by atoms with E-state index in [1.807, 2.05) is 0 Å². The molecule has 1 saturated carbocycles. The molecule has 0 radical (unpaired) electrons. The molecule has 28 heavy (non-hydrogen) atoms. The molecule has 4 rings (SSSR count). The van der Waals surface area contributed by atoms with Crippen LogP contribution in [0.3, 0.4) is 0 Å². The van der Waals surface area contributed by atoms with Crippen LogP contribution in [0.5, 0.6) is 0 Å². The van der Waals surface area contributed by atoms with Gasteiger partial charge in [0.25, 0.3) is 0 Å². The highest BCUT2D eigenvalue weighted by Gasteiger charge is 2.58. The summed E-state index contributed by atoms with van der Waals surface area (Å²) in [6.45, 7) is 6.86. The second kappa shape index (κ2) is 7.73. The zero-order valence-electron chi connectivity index (χ0n) is 17.4. The Morgan fingerprint density at radius 1 is 1.11 bits per heavy atom. The van der Waals surface area contributed by atoms with E-state index in [0.717, 1.165) is 58.3 Å². The first-order valence-corrected chi connectivity index (χ1v) is 11.2. The van der Waals surface area contributed by atoms with Gasteiger partial charge in [0.2, 0.25) is 0 Å². The third-order valence-corrected chi connectivity index (χ3v) is 8.32. The molecular weight excluding hydrogens is 356 g/mol. The number of hydrogen-bond donors (Lipinski definition) is 2. The minimum atomic E-state index is -0.756. The first-order valence-electron chi connectivity index (χ1n) is 11.2. The first-order chi connectivity index (χ1) is 13.5. The molecule has 7 heteroatoms. The molecule has 3 unspecified atom stereocenters. The van der Waals surface area contributed by atoms with Crippen molar-refractivity contribution in [2.24, 2.45) is 17.3 Å². The van der Waals surface area contributed by atoms with Gasteiger partial charge in [-0.15, -0.1) is 0 Å². The quantitative estimate of drug-likeness (QED) is 0.774. The van der Waals surface area contributed by atoms with E-state index in [0.29, 0.717) is 30.5 Å². The summed E-state index contributed by atoms with van der Waals surface area (Å²) in [5.74, 6) is 1.25. The number of amides is 3. The van der Waals surface area contributed by atoms with Crippen LogP contribution in [-0.2, 0) is 0 Å². The van der Waals surface area contributed by atoms with Crippen LogP contribution >= 0.6 is 0 Å². The van der Waals surface area contributed by atoms with Crippen LogP contribution in [-0.4, -0.2) is 83.8 Å². The second-order valence-corrected chi connectivity index (χ2v) is 9.43. The van der Waals surface area contributed by atoms with E-state index in [-0.39, 0.29) is 11.4 Å². The molecule has 2 N–H and O–H groups in total. The number of carbonyl (C=O) groups excluding carboxylic acids is 1. The van der Waals surface area contributed by atoms with Crippen molar-refractivity contribution >= 4 is 12.1 Å². The summed E-state index contributed by atoms with van der Waals surface area (Å²) < 4.78 is 0. The summed E-state index contributed by atoms with van der Waals surface area (Å²) >= 11 is 0. The maximum Gasteiger partial charge on any atom is 0.407 e. The van der Waals surface area contributed by atoms with Gasteiger partial charge in [0.15, 0.2) is 0 Å². The van der Waals surface area contributed by atoms with Gasteiger partial charge < -0.3 is 25.1 Å². The van der Waals surface area contributed by atoms with Crippen molar-refractivity contribution in [3.8, 4) is 0 Å². The van der Waals surface area contributed by atoms with E-state index in [2.05, 4.69) is 22.0 Å². The largest absolute Gasteiger partial charge is 0.465 e. The fourth-order valence-electron chi connectivity index (χ4n) is 6.89. The van der Waals surface area contributed by atoms with E-state index < -0.39 is 6.09 Å². The Kier molecular flexibility index (Phi) is 5.47. The third kappa shape index (κ3) is 3.25. The molecule has 3 amide bonds. The summed E-state index contributed by atoms with van der Waals surface area (Å²) in [6.07, 6.45) is 7.22. The van der Waals surface area contributed by atoms with Crippen LogP contribution in [0.25, 0.3) is 0 Å². The highest BCUT2D eigenvalue weighted by atomic mass is 16.4. The molecule has 4 aliphatic rings. The molecule has 3 saturated heterocycles. The second-order valence-electron chi connectivity index (χ2n) is 9.43. The first kappa shape index (κ1) is 19.8. The number of likely N-dealkylation sites (tertiary alicyclic amines) is 3. The highest BCUT2D eigenvalue weighted by molar-refractivity contribution is 5.74. The number of urea groups is 1. The normalized spacial score (nSPS) is 36.7. The van der Waals surface area contributed by atoms with Gasteiger partial charge in [-0.3, -0.25) is 0 Å². The molecule has 3 aliphatic heterocycles. The lowest BCUT2D eigenvalue weighted by atomic mass is 9.54. The molecule has 4 fully saturated rings. The number of nitrogens with zero attached hydrogens (tertiary/aromatic N) is 3. The lowest BCUT2D eigenvalue weighted by Crippen LogP contribution is -2.61. The summed E-state index contributed by atoms with van der Waals surface area (Å²) in [5, 5.41) is 12.1. The molecule has 0 bridgehead atoms. The van der Waals surface area contributed by atoms with E-state index in [4.69, 9.17) is 0 Å². The van der Waals surface area contributed by atoms with Crippen molar-refractivity contribution < 1.29 is 14.7 Å². The molecule has 3 heterocycles. The van der Waals surface area contributed by atoms with E-state index in [9.17, 15) is 14.7 Å². The maximum atomic E-state index is 12.2. The van der Waals surface area contributed by atoms with E-state index in [1.54, 1.807) is 11.9 Å². The van der Waals surface area contributed by atoms with Crippen LogP contribution in [0.4, 0.5) is 9.59 Å². The van der Waals surface area contributed by atoms with Gasteiger partial charge in [0.1, 0.15) is 0 Å². The zero-order chi connectivity index (χ0) is 19.9. The summed E-state index contributed by atoms with van der Waals surface area (Å²) in [6, 6.07) is 1.12. The van der Waals surface area contributed by atoms with Crippen molar-refractivity contribution in [2.75, 3.05) is 39.8 Å². The fraction of sp³-hybridized carbons (Fsp3) is 0.905. The molecule has 7 nitrogen and oxygen atoms in total. The van der Waals surface area contributed by atoms with Crippen LogP contribution in [0.15, 0.2) is 0 Å². The molecule has 158 valence electrons. The Morgan fingerprint density at radius 2 is 1.86 bits per heavy atom. The Morgan fingerprint density at radius 3 is 2.46 bits per heavy atom. The Hall–Kier alpha value is -1.50. The van der Waals surface area contributed by atoms with Gasteiger partial charge in [-0.25, -0.2) is 9.59 Å². The van der Waals surface area contributed by atoms with Gasteiger partial charge in [0.05, 0.1) is 0 Å². The summed E-state index contributed by atoms with van der Waals surface area (Å²) in [7, 11) is 1.73. The average molecular weight is 393 g/mol. The molecule has 1 spiro atoms. The molecule has 0 aromatic carbocycles. The Bertz CT molecular complexity index is 606. The monoisotopic (exact) mass is 392 g/mol. The van der Waals surface area contributed by atoms with E-state index >= 15 is 0 Å². The number of hydrogen-bond acceptors (Lipinski definition) is 3. The van der Waals surface area contributed by atoms with Crippen molar-refractivity contribution in [1.82, 2.24) is 20.0 Å². The van der Waals surface area contributed by atoms with Crippen molar-refractivity contribution in [2.45, 2.75) is 64.0 Å². The van der Waals surface area contributed by atoms with Gasteiger partial charge in [-0.05, 0) is 68.9 Å². The van der Waals surface area contributed by atoms with E-state index in [1.165, 1.54) is 12.8 Å². The van der Waals surface area contributed by atoms with Crippen molar-refractivity contribution in [1.29, 1.82) is 0 Å². The number of rotatable bonds is 3. The zero-order valence-corrected chi connectivity index (χ0v) is 17.4. The smallest absolute Gasteiger partial charge is 0.407 e. The fourth-order valence-corrected chi connectivity index (χ4v) is 6.89. The number of carbonyl (C=O) groups is 2. The van der Waals surface area contributed by atoms with Gasteiger partial charge in [-0.1, -0.05) is 13.3 Å². The maximum absolute atomic E-state index is 12.2. The molecule has 0 aromatic heterocycles. The van der Waals surface area contributed by atoms with Crippen LogP contribution in [0.1, 0.15) is 51.9 Å². The molecule has 4 atom stereocenters. The Balaban J connectivity index is 1.32. The predicted molar refractivity (Wildman–Crippen MR) is 107 cm³/mol. The van der Waals surface area contributed by atoms with Gasteiger partial charge in [0, 0.05) is 38.8 Å². The standard InChI is InChI=1S/C21H36N4O3/c1-3-16-18(13-21(16)8-12-24(14-21)20(27)28)23-10-6-15(7-11-23)17-5-4-9-25(17)19(26)22-2/h15-18H,3-14H2,1-2H3,(H,22,26)(H,27,28)/t16?,17-,18?,21?/m0/s1. The highest BCUT2D eigenvalue weighted by Crippen LogP contribution is 2.56. The van der Waals surface area contributed by atoms with Crippen molar-refractivity contribution in [3.05, 3.63) is 0 Å². The summed E-state index contributed by atoms with van der Waals surface area (Å²) in [5.41, 5.74) is 0.232. The lowest BCUT2D eigenvalue weighted by molar-refractivity contribution is -0.0821. The van der Waals surface area contributed by atoms with Crippen LogP contribution < -0.4 is 5.32 Å². The van der Waals surface area contributed by atoms with Gasteiger partial charge in [-0.2, -0.15) is 0 Å². The number of carboxylic acid groups (broad SMARTS) is 1. The van der Waals surface area contributed by atoms with Gasteiger partial charge >= 0.3 is 12.1 Å². The lowest BCUT2D eigenvalue weighted by Gasteiger charge is -2.58. The number of piperidine rings is 1. The Labute approximate surface area is 168 Å². The molecule has 1 aliphatic carbocycles. The topological polar surface area (TPSA) is 76.1 Å². The summed E-state index contributed by atoms with van der Waals surface area (Å²) in [4.78, 5) is 29.9. The van der Waals surface area contributed by atoms with Crippen LogP contribution in [0.2, 0.25) is 0 Å². The number of nitrogens with one attached hydrogen (secondary N) is 1. The van der Waals surface area contributed by atoms with Crippen molar-refractivity contribution in [3.63, 3.8) is 0 Å². The minimum Gasteiger partial charge on any atom is -0.465 e. The minimum absolute atomic E-state index is 0.0844. The predicted octanol–water partition coefficient (Wildman–Crippen LogP) is 2.67. The SMILES string of the molecule is CCC1C(N2CCC([C@@H]3CCCN3C(=O)NC)CC2)CC12CCN(C(=O)O)C2. The average Bonchev–Trinajstić information content (AvgIpc) is 3.35. The third-order valence-electron chi connectivity index (χ3n) is 8.32. The molecular formula is C21H36N4O3.